The molecule has 0 aromatic heterocycles. The third kappa shape index (κ3) is 3.45. The number of hydrogen-bond acceptors (Lipinski definition) is 2. The van der Waals surface area contributed by atoms with Gasteiger partial charge in [0.2, 0.25) is 0 Å². The lowest BCUT2D eigenvalue weighted by Crippen LogP contribution is -2.22. The van der Waals surface area contributed by atoms with E-state index in [0.717, 1.165) is 25.2 Å². The normalized spacial score (nSPS) is 21.4. The summed E-state index contributed by atoms with van der Waals surface area (Å²) in [6.07, 6.45) is 4.58. The van der Waals surface area contributed by atoms with Crippen molar-refractivity contribution >= 4 is 0 Å². The molecule has 0 bridgehead atoms. The molecular formula is C19H23NO. The molecule has 3 rings (SSSR count). The number of para-hydroxylation sites is 1. The van der Waals surface area contributed by atoms with E-state index in [-0.39, 0.29) is 6.04 Å². The van der Waals surface area contributed by atoms with Gasteiger partial charge in [0, 0.05) is 6.04 Å². The molecular weight excluding hydrogens is 258 g/mol. The Labute approximate surface area is 126 Å². The van der Waals surface area contributed by atoms with Crippen molar-refractivity contribution in [1.82, 2.24) is 0 Å². The Morgan fingerprint density at radius 3 is 2.62 bits per heavy atom. The van der Waals surface area contributed by atoms with Gasteiger partial charge in [0.15, 0.2) is 0 Å². The van der Waals surface area contributed by atoms with Crippen molar-refractivity contribution in [1.29, 1.82) is 0 Å². The Morgan fingerprint density at radius 1 is 1.00 bits per heavy atom. The van der Waals surface area contributed by atoms with Gasteiger partial charge in [-0.2, -0.15) is 0 Å². The largest absolute Gasteiger partial charge is 0.494 e. The van der Waals surface area contributed by atoms with Crippen molar-refractivity contribution in [2.24, 2.45) is 11.7 Å². The van der Waals surface area contributed by atoms with Crippen LogP contribution in [0.4, 0.5) is 0 Å². The van der Waals surface area contributed by atoms with Crippen LogP contribution in [0.1, 0.15) is 36.4 Å². The molecule has 1 aliphatic rings. The molecule has 2 aromatic carbocycles. The second-order valence-corrected chi connectivity index (χ2v) is 5.83. The second-order valence-electron chi connectivity index (χ2n) is 5.83. The summed E-state index contributed by atoms with van der Waals surface area (Å²) in [5.74, 6) is 1.46. The average Bonchev–Trinajstić information content (AvgIpc) is 2.69. The molecule has 0 amide bonds. The zero-order chi connectivity index (χ0) is 14.5. The zero-order valence-electron chi connectivity index (χ0n) is 12.4. The first-order valence-electron chi connectivity index (χ1n) is 7.86. The Balaban J connectivity index is 1.61. The molecule has 21 heavy (non-hydrogen) atoms. The minimum Gasteiger partial charge on any atom is -0.494 e. The first kappa shape index (κ1) is 14.2. The van der Waals surface area contributed by atoms with Crippen LogP contribution < -0.4 is 10.5 Å². The molecule has 2 atom stereocenters. The van der Waals surface area contributed by atoms with Gasteiger partial charge in [-0.1, -0.05) is 42.5 Å². The van der Waals surface area contributed by atoms with E-state index < -0.39 is 0 Å². The predicted octanol–water partition coefficient (Wildman–Crippen LogP) is 4.11. The van der Waals surface area contributed by atoms with E-state index in [1.54, 1.807) is 0 Å². The number of nitrogens with two attached hydrogens (primary N) is 1. The Morgan fingerprint density at radius 2 is 1.76 bits per heavy atom. The molecule has 2 nitrogen and oxygen atoms in total. The first-order valence-corrected chi connectivity index (χ1v) is 7.86. The van der Waals surface area contributed by atoms with Crippen molar-refractivity contribution in [3.05, 3.63) is 65.7 Å². The van der Waals surface area contributed by atoms with Gasteiger partial charge in [-0.05, 0) is 54.9 Å². The number of benzene rings is 2. The average molecular weight is 281 g/mol. The highest BCUT2D eigenvalue weighted by Crippen LogP contribution is 2.33. The molecule has 2 aromatic rings. The monoisotopic (exact) mass is 281 g/mol. The van der Waals surface area contributed by atoms with Crippen LogP contribution in [0.15, 0.2) is 54.6 Å². The maximum atomic E-state index is 6.51. The summed E-state index contributed by atoms with van der Waals surface area (Å²) in [6, 6.07) is 18.8. The summed E-state index contributed by atoms with van der Waals surface area (Å²) in [5, 5.41) is 0. The Bertz CT molecular complexity index is 567. The van der Waals surface area contributed by atoms with E-state index in [2.05, 4.69) is 24.3 Å². The summed E-state index contributed by atoms with van der Waals surface area (Å²) in [4.78, 5) is 0. The standard InChI is InChI=1S/C19H23NO/c20-19-16(13-14-21-17-10-2-1-3-11-17)9-6-8-15-7-4-5-12-18(15)19/h1-5,7,10-12,16,19H,6,8-9,13-14,20H2. The minimum atomic E-state index is 0.142. The van der Waals surface area contributed by atoms with Crippen LogP contribution in [-0.4, -0.2) is 6.61 Å². The highest BCUT2D eigenvalue weighted by Gasteiger charge is 2.24. The maximum absolute atomic E-state index is 6.51. The van der Waals surface area contributed by atoms with E-state index in [0.29, 0.717) is 5.92 Å². The van der Waals surface area contributed by atoms with Gasteiger partial charge in [-0.15, -0.1) is 0 Å². The quantitative estimate of drug-likeness (QED) is 0.856. The third-order valence-corrected chi connectivity index (χ3v) is 4.44. The van der Waals surface area contributed by atoms with Crippen LogP contribution in [0.25, 0.3) is 0 Å². The topological polar surface area (TPSA) is 35.2 Å². The summed E-state index contributed by atoms with van der Waals surface area (Å²) in [7, 11) is 0. The van der Waals surface area contributed by atoms with Gasteiger partial charge in [0.05, 0.1) is 6.61 Å². The van der Waals surface area contributed by atoms with Crippen LogP contribution in [0.3, 0.4) is 0 Å². The van der Waals surface area contributed by atoms with Crippen molar-refractivity contribution in [3.8, 4) is 5.75 Å². The zero-order valence-corrected chi connectivity index (χ0v) is 12.4. The molecule has 2 N–H and O–H groups in total. The molecule has 2 heteroatoms. The Kier molecular flexibility index (Phi) is 4.56. The maximum Gasteiger partial charge on any atom is 0.119 e. The van der Waals surface area contributed by atoms with E-state index in [1.165, 1.54) is 24.0 Å². The van der Waals surface area contributed by atoms with Gasteiger partial charge >= 0.3 is 0 Å². The lowest BCUT2D eigenvalue weighted by atomic mass is 9.89. The van der Waals surface area contributed by atoms with Crippen LogP contribution in [0.5, 0.6) is 5.75 Å². The fourth-order valence-electron chi connectivity index (χ4n) is 3.24. The summed E-state index contributed by atoms with van der Waals surface area (Å²) < 4.78 is 5.83. The Hall–Kier alpha value is -1.80. The molecule has 0 heterocycles. The molecule has 0 saturated carbocycles. The number of hydrogen-bond donors (Lipinski definition) is 1. The molecule has 0 saturated heterocycles. The van der Waals surface area contributed by atoms with E-state index in [9.17, 15) is 0 Å². The predicted molar refractivity (Wildman–Crippen MR) is 86.4 cm³/mol. The van der Waals surface area contributed by atoms with Gasteiger partial charge in [-0.25, -0.2) is 0 Å². The summed E-state index contributed by atoms with van der Waals surface area (Å²) in [5.41, 5.74) is 9.27. The molecule has 0 spiro atoms. The SMILES string of the molecule is NC1c2ccccc2CCCC1CCOc1ccccc1. The van der Waals surface area contributed by atoms with Crippen molar-refractivity contribution in [2.75, 3.05) is 6.61 Å². The fourth-order valence-corrected chi connectivity index (χ4v) is 3.24. The third-order valence-electron chi connectivity index (χ3n) is 4.44. The molecule has 1 aliphatic carbocycles. The van der Waals surface area contributed by atoms with Crippen molar-refractivity contribution < 1.29 is 4.74 Å². The van der Waals surface area contributed by atoms with Gasteiger partial charge < -0.3 is 10.5 Å². The highest BCUT2D eigenvalue weighted by atomic mass is 16.5. The van der Waals surface area contributed by atoms with Gasteiger partial charge in [0.1, 0.15) is 5.75 Å². The van der Waals surface area contributed by atoms with Crippen LogP contribution in [-0.2, 0) is 6.42 Å². The lowest BCUT2D eigenvalue weighted by molar-refractivity contribution is 0.254. The van der Waals surface area contributed by atoms with Crippen molar-refractivity contribution in [3.63, 3.8) is 0 Å². The molecule has 0 radical (unpaired) electrons. The number of rotatable bonds is 4. The summed E-state index contributed by atoms with van der Waals surface area (Å²) in [6.45, 7) is 0.741. The fraction of sp³-hybridized carbons (Fsp3) is 0.368. The highest BCUT2D eigenvalue weighted by molar-refractivity contribution is 5.31. The van der Waals surface area contributed by atoms with Crippen LogP contribution >= 0.6 is 0 Å². The van der Waals surface area contributed by atoms with Crippen LogP contribution in [0, 0.1) is 5.92 Å². The molecule has 110 valence electrons. The van der Waals surface area contributed by atoms with Crippen LogP contribution in [0.2, 0.25) is 0 Å². The minimum absolute atomic E-state index is 0.142. The van der Waals surface area contributed by atoms with E-state index in [4.69, 9.17) is 10.5 Å². The number of fused-ring (bicyclic) bond motifs is 1. The smallest absolute Gasteiger partial charge is 0.119 e. The lowest BCUT2D eigenvalue weighted by Gasteiger charge is -2.23. The van der Waals surface area contributed by atoms with Gasteiger partial charge in [0.25, 0.3) is 0 Å². The first-order chi connectivity index (χ1) is 10.3. The summed E-state index contributed by atoms with van der Waals surface area (Å²) >= 11 is 0. The molecule has 0 fully saturated rings. The van der Waals surface area contributed by atoms with Gasteiger partial charge in [-0.3, -0.25) is 0 Å². The van der Waals surface area contributed by atoms with Crippen molar-refractivity contribution in [2.45, 2.75) is 31.7 Å². The number of aryl methyl sites for hydroxylation is 1. The van der Waals surface area contributed by atoms with E-state index >= 15 is 0 Å². The molecule has 0 aliphatic heterocycles. The second kappa shape index (κ2) is 6.77. The van der Waals surface area contributed by atoms with E-state index in [1.807, 2.05) is 30.3 Å². The number of ether oxygens (including phenoxy) is 1. The molecule has 2 unspecified atom stereocenters.